The summed E-state index contributed by atoms with van der Waals surface area (Å²) in [7, 11) is 2.22. The van der Waals surface area contributed by atoms with E-state index in [1.807, 2.05) is 13.1 Å². The number of fused-ring (bicyclic) bond motifs is 2. The summed E-state index contributed by atoms with van der Waals surface area (Å²) in [6.07, 6.45) is 9.33. The average Bonchev–Trinajstić information content (AvgIpc) is 3.34. The van der Waals surface area contributed by atoms with Crippen LogP contribution in [0.5, 0.6) is 0 Å². The van der Waals surface area contributed by atoms with Crippen LogP contribution in [-0.2, 0) is 26.4 Å². The number of aromatic nitrogens is 5. The van der Waals surface area contributed by atoms with Crippen molar-refractivity contribution in [1.29, 1.82) is 0 Å². The lowest BCUT2D eigenvalue weighted by atomic mass is 10.0. The molecule has 1 saturated heterocycles. The number of likely N-dealkylation sites (tertiary alicyclic amines) is 1. The predicted octanol–water partition coefficient (Wildman–Crippen LogP) is 3.30. The molecule has 0 N–H and O–H groups in total. The summed E-state index contributed by atoms with van der Waals surface area (Å²) in [4.78, 5) is 16.8. The largest absolute Gasteiger partial charge is 0.334 e. The topological polar surface area (TPSA) is 51.2 Å². The zero-order valence-corrected chi connectivity index (χ0v) is 16.6. The Morgan fingerprint density at radius 3 is 2.81 bits per heavy atom. The van der Waals surface area contributed by atoms with E-state index in [9.17, 15) is 0 Å². The van der Waals surface area contributed by atoms with E-state index in [1.54, 1.807) is 0 Å². The highest BCUT2D eigenvalue weighted by Gasteiger charge is 2.32. The fourth-order valence-electron chi connectivity index (χ4n) is 5.03. The first-order valence-corrected chi connectivity index (χ1v) is 10.2. The fraction of sp³-hybridized carbons (Fsp3) is 0.571. The predicted molar refractivity (Wildman–Crippen MR) is 105 cm³/mol. The van der Waals surface area contributed by atoms with Gasteiger partial charge in [0, 0.05) is 30.7 Å². The molecule has 6 nitrogen and oxygen atoms in total. The van der Waals surface area contributed by atoms with Gasteiger partial charge in [-0.05, 0) is 65.0 Å². The van der Waals surface area contributed by atoms with E-state index < -0.39 is 0 Å². The van der Waals surface area contributed by atoms with Gasteiger partial charge in [0.05, 0.1) is 23.6 Å². The minimum atomic E-state index is 0.407. The standard InChI is InChI=1S/C21H28N6/c1-14-11-15(2)27-16(12-22-21(27)23-14)13-26-10-6-9-19(26)20-24-17-7-4-5-8-18(17)25(20)3/h11-12,19H,4-10,13H2,1-3H3/t19-/m1/s1. The Labute approximate surface area is 160 Å². The zero-order valence-electron chi connectivity index (χ0n) is 16.6. The van der Waals surface area contributed by atoms with Crippen LogP contribution in [0, 0.1) is 13.8 Å². The molecular formula is C21H28N6. The van der Waals surface area contributed by atoms with Crippen LogP contribution in [0.15, 0.2) is 12.3 Å². The highest BCUT2D eigenvalue weighted by atomic mass is 15.2. The summed E-state index contributed by atoms with van der Waals surface area (Å²) in [5.74, 6) is 2.07. The zero-order chi connectivity index (χ0) is 18.5. The molecule has 142 valence electrons. The molecule has 0 saturated carbocycles. The van der Waals surface area contributed by atoms with Gasteiger partial charge in [-0.25, -0.2) is 15.0 Å². The highest BCUT2D eigenvalue weighted by Crippen LogP contribution is 2.35. The van der Waals surface area contributed by atoms with Crippen LogP contribution in [0.2, 0.25) is 0 Å². The van der Waals surface area contributed by atoms with Crippen LogP contribution in [0.1, 0.15) is 66.0 Å². The molecule has 2 aliphatic rings. The maximum Gasteiger partial charge on any atom is 0.234 e. The maximum absolute atomic E-state index is 5.09. The summed E-state index contributed by atoms with van der Waals surface area (Å²) in [6.45, 7) is 6.19. The van der Waals surface area contributed by atoms with Gasteiger partial charge in [-0.3, -0.25) is 9.30 Å². The van der Waals surface area contributed by atoms with Crippen LogP contribution in [0.3, 0.4) is 0 Å². The Hall–Kier alpha value is -2.21. The SMILES string of the molecule is Cc1cc(C)n2c(CN3CCC[C@@H]3c3nc4c(n3C)CCCC4)cnc2n1. The molecule has 3 aromatic heterocycles. The van der Waals surface area contributed by atoms with Crippen LogP contribution in [-0.4, -0.2) is 35.4 Å². The summed E-state index contributed by atoms with van der Waals surface area (Å²) >= 11 is 0. The van der Waals surface area contributed by atoms with Crippen LogP contribution in [0.25, 0.3) is 5.78 Å². The Kier molecular flexibility index (Phi) is 4.04. The number of imidazole rings is 2. The minimum Gasteiger partial charge on any atom is -0.334 e. The van der Waals surface area contributed by atoms with Gasteiger partial charge in [0.2, 0.25) is 5.78 Å². The van der Waals surface area contributed by atoms with E-state index in [0.717, 1.165) is 31.0 Å². The Morgan fingerprint density at radius 2 is 1.96 bits per heavy atom. The molecule has 1 aliphatic carbocycles. The van der Waals surface area contributed by atoms with E-state index in [-0.39, 0.29) is 0 Å². The van der Waals surface area contributed by atoms with Crippen LogP contribution < -0.4 is 0 Å². The molecule has 0 radical (unpaired) electrons. The lowest BCUT2D eigenvalue weighted by molar-refractivity contribution is 0.233. The fourth-order valence-corrected chi connectivity index (χ4v) is 5.03. The molecule has 0 bridgehead atoms. The minimum absolute atomic E-state index is 0.407. The number of aryl methyl sites for hydroxylation is 3. The first-order chi connectivity index (χ1) is 13.1. The molecule has 6 heteroatoms. The van der Waals surface area contributed by atoms with Gasteiger partial charge in [0.15, 0.2) is 0 Å². The van der Waals surface area contributed by atoms with Crippen molar-refractivity contribution in [1.82, 2.24) is 28.8 Å². The average molecular weight is 364 g/mol. The van der Waals surface area contributed by atoms with Gasteiger partial charge in [0.1, 0.15) is 5.82 Å². The van der Waals surface area contributed by atoms with E-state index >= 15 is 0 Å². The third-order valence-electron chi connectivity index (χ3n) is 6.30. The third kappa shape index (κ3) is 2.78. The quantitative estimate of drug-likeness (QED) is 0.716. The van der Waals surface area contributed by atoms with Crippen molar-refractivity contribution in [3.8, 4) is 0 Å². The number of hydrogen-bond acceptors (Lipinski definition) is 4. The Bertz CT molecular complexity index is 998. The summed E-state index contributed by atoms with van der Waals surface area (Å²) < 4.78 is 4.59. The second kappa shape index (κ2) is 6.44. The Morgan fingerprint density at radius 1 is 1.11 bits per heavy atom. The summed E-state index contributed by atoms with van der Waals surface area (Å²) in [6, 6.07) is 2.54. The van der Waals surface area contributed by atoms with Gasteiger partial charge in [-0.1, -0.05) is 0 Å². The summed E-state index contributed by atoms with van der Waals surface area (Å²) in [5.41, 5.74) is 6.26. The molecule has 1 aliphatic heterocycles. The van der Waals surface area contributed by atoms with Crippen molar-refractivity contribution in [3.05, 3.63) is 46.6 Å². The Balaban J connectivity index is 1.47. The lowest BCUT2D eigenvalue weighted by Gasteiger charge is -2.24. The second-order valence-corrected chi connectivity index (χ2v) is 8.18. The number of rotatable bonds is 3. The van der Waals surface area contributed by atoms with Crippen LogP contribution in [0.4, 0.5) is 0 Å². The first kappa shape index (κ1) is 16.9. The molecule has 1 fully saturated rings. The normalized spacial score (nSPS) is 20.5. The first-order valence-electron chi connectivity index (χ1n) is 10.2. The van der Waals surface area contributed by atoms with E-state index in [0.29, 0.717) is 6.04 Å². The third-order valence-corrected chi connectivity index (χ3v) is 6.30. The molecule has 0 unspecified atom stereocenters. The highest BCUT2D eigenvalue weighted by molar-refractivity contribution is 5.35. The van der Waals surface area contributed by atoms with Crippen LogP contribution >= 0.6 is 0 Å². The molecular weight excluding hydrogens is 336 g/mol. The molecule has 3 aromatic rings. The van der Waals surface area contributed by atoms with Gasteiger partial charge >= 0.3 is 0 Å². The van der Waals surface area contributed by atoms with Gasteiger partial charge in [-0.2, -0.15) is 0 Å². The molecule has 1 atom stereocenters. The molecule has 0 spiro atoms. The smallest absolute Gasteiger partial charge is 0.234 e. The molecule has 27 heavy (non-hydrogen) atoms. The molecule has 0 amide bonds. The van der Waals surface area contributed by atoms with E-state index in [2.05, 4.69) is 43.9 Å². The number of hydrogen-bond donors (Lipinski definition) is 0. The van der Waals surface area contributed by atoms with Crippen molar-refractivity contribution in [2.75, 3.05) is 6.54 Å². The monoisotopic (exact) mass is 364 g/mol. The molecule has 4 heterocycles. The second-order valence-electron chi connectivity index (χ2n) is 8.18. The van der Waals surface area contributed by atoms with Crippen molar-refractivity contribution >= 4 is 5.78 Å². The van der Waals surface area contributed by atoms with Gasteiger partial charge in [0.25, 0.3) is 0 Å². The number of nitrogens with zero attached hydrogens (tertiary/aromatic N) is 6. The van der Waals surface area contributed by atoms with Crippen molar-refractivity contribution < 1.29 is 0 Å². The molecule has 5 rings (SSSR count). The lowest BCUT2D eigenvalue weighted by Crippen LogP contribution is -2.26. The molecule has 0 aromatic carbocycles. The van der Waals surface area contributed by atoms with Gasteiger partial charge in [-0.15, -0.1) is 0 Å². The maximum atomic E-state index is 5.09. The summed E-state index contributed by atoms with van der Waals surface area (Å²) in [5, 5.41) is 0. The van der Waals surface area contributed by atoms with E-state index in [4.69, 9.17) is 4.98 Å². The van der Waals surface area contributed by atoms with Crippen molar-refractivity contribution in [3.63, 3.8) is 0 Å². The van der Waals surface area contributed by atoms with Crippen molar-refractivity contribution in [2.45, 2.75) is 65.0 Å². The van der Waals surface area contributed by atoms with Gasteiger partial charge < -0.3 is 4.57 Å². The van der Waals surface area contributed by atoms with Crippen molar-refractivity contribution in [2.24, 2.45) is 7.05 Å². The van der Waals surface area contributed by atoms with E-state index in [1.165, 1.54) is 60.7 Å².